The second-order valence-corrected chi connectivity index (χ2v) is 11.9. The first-order chi connectivity index (χ1) is 20.4. The summed E-state index contributed by atoms with van der Waals surface area (Å²) < 4.78 is 5.97. The lowest BCUT2D eigenvalue weighted by molar-refractivity contribution is -0.128. The van der Waals surface area contributed by atoms with Gasteiger partial charge in [0.25, 0.3) is 5.91 Å². The van der Waals surface area contributed by atoms with E-state index in [2.05, 4.69) is 15.1 Å². The van der Waals surface area contributed by atoms with Gasteiger partial charge in [0.2, 0.25) is 5.91 Å². The number of hydrogen-bond donors (Lipinski definition) is 3. The summed E-state index contributed by atoms with van der Waals surface area (Å²) in [7, 11) is 0. The molecule has 222 valence electrons. The van der Waals surface area contributed by atoms with Crippen LogP contribution in [0.5, 0.6) is 11.5 Å². The van der Waals surface area contributed by atoms with Gasteiger partial charge in [-0.2, -0.15) is 0 Å². The second-order valence-electron chi connectivity index (χ2n) is 11.9. The van der Waals surface area contributed by atoms with Crippen LogP contribution in [0, 0.1) is 5.92 Å². The summed E-state index contributed by atoms with van der Waals surface area (Å²) in [6, 6.07) is 17.3. The van der Waals surface area contributed by atoms with Crippen LogP contribution >= 0.6 is 0 Å². The number of carbonyl (C=O) groups is 2. The zero-order valence-electron chi connectivity index (χ0n) is 24.2. The minimum absolute atomic E-state index is 0.0994. The third-order valence-corrected chi connectivity index (χ3v) is 9.29. The highest BCUT2D eigenvalue weighted by Crippen LogP contribution is 2.49. The first kappa shape index (κ1) is 28.3. The van der Waals surface area contributed by atoms with E-state index in [1.165, 1.54) is 19.3 Å². The first-order valence-electron chi connectivity index (χ1n) is 15.3. The van der Waals surface area contributed by atoms with Crippen molar-refractivity contribution in [1.82, 2.24) is 20.0 Å². The molecule has 0 aliphatic carbocycles. The van der Waals surface area contributed by atoms with Gasteiger partial charge in [-0.25, -0.2) is 0 Å². The Morgan fingerprint density at radius 2 is 1.62 bits per heavy atom. The molecule has 2 aromatic rings. The van der Waals surface area contributed by atoms with Gasteiger partial charge in [-0.05, 0) is 80.9 Å². The van der Waals surface area contributed by atoms with Gasteiger partial charge in [0.05, 0.1) is 0 Å². The normalized spacial score (nSPS) is 25.1. The SMILES string of the molecule is NC(=O)C1=C2NCCC(C3CCN(C(=O)/C=C/CN4CCCCC4)CC3)N2[C@@]1(N)c1ccc(Oc2ccccc2)cc1. The molecule has 6 rings (SSSR count). The molecule has 1 unspecified atom stereocenters. The van der Waals surface area contributed by atoms with Gasteiger partial charge in [-0.15, -0.1) is 0 Å². The molecule has 4 heterocycles. The number of benzene rings is 2. The van der Waals surface area contributed by atoms with E-state index in [4.69, 9.17) is 16.2 Å². The zero-order valence-corrected chi connectivity index (χ0v) is 24.2. The number of nitrogens with two attached hydrogens (primary N) is 2. The van der Waals surface area contributed by atoms with Gasteiger partial charge in [0, 0.05) is 38.3 Å². The first-order valence-corrected chi connectivity index (χ1v) is 15.3. The molecule has 0 saturated carbocycles. The van der Waals surface area contributed by atoms with E-state index in [1.54, 1.807) is 6.08 Å². The highest BCUT2D eigenvalue weighted by Gasteiger charge is 2.57. The van der Waals surface area contributed by atoms with Crippen molar-refractivity contribution in [2.75, 3.05) is 39.3 Å². The number of nitrogens with zero attached hydrogens (tertiary/aromatic N) is 3. The van der Waals surface area contributed by atoms with Crippen LogP contribution in [0.3, 0.4) is 0 Å². The fourth-order valence-corrected chi connectivity index (χ4v) is 7.10. The topological polar surface area (TPSA) is 117 Å². The average molecular weight is 571 g/mol. The van der Waals surface area contributed by atoms with Crippen LogP contribution in [0.15, 0.2) is 78.1 Å². The second kappa shape index (κ2) is 12.2. The van der Waals surface area contributed by atoms with Gasteiger partial charge in [-0.3, -0.25) is 14.5 Å². The van der Waals surface area contributed by atoms with Gasteiger partial charge < -0.3 is 31.3 Å². The van der Waals surface area contributed by atoms with Gasteiger partial charge in [0.1, 0.15) is 22.9 Å². The third kappa shape index (κ3) is 5.51. The molecule has 0 spiro atoms. The van der Waals surface area contributed by atoms with Gasteiger partial charge >= 0.3 is 0 Å². The molecule has 42 heavy (non-hydrogen) atoms. The number of primary amides is 1. The maximum atomic E-state index is 12.9. The summed E-state index contributed by atoms with van der Waals surface area (Å²) in [5.74, 6) is 2.11. The van der Waals surface area contributed by atoms with Crippen LogP contribution in [0.2, 0.25) is 0 Å². The summed E-state index contributed by atoms with van der Waals surface area (Å²) in [5, 5.41) is 3.39. The van der Waals surface area contributed by atoms with Crippen molar-refractivity contribution in [3.05, 3.63) is 83.7 Å². The number of ether oxygens (including phenoxy) is 1. The highest BCUT2D eigenvalue weighted by atomic mass is 16.5. The van der Waals surface area contributed by atoms with E-state index < -0.39 is 11.6 Å². The van der Waals surface area contributed by atoms with E-state index in [1.807, 2.05) is 65.6 Å². The quantitative estimate of drug-likeness (QED) is 0.417. The van der Waals surface area contributed by atoms with Crippen molar-refractivity contribution in [2.45, 2.75) is 50.2 Å². The number of rotatable bonds is 8. The molecule has 0 radical (unpaired) electrons. The Morgan fingerprint density at radius 3 is 2.31 bits per heavy atom. The molecule has 4 aliphatic rings. The van der Waals surface area contributed by atoms with E-state index >= 15 is 0 Å². The zero-order chi connectivity index (χ0) is 29.1. The number of piperidine rings is 2. The van der Waals surface area contributed by atoms with Crippen molar-refractivity contribution in [3.8, 4) is 11.5 Å². The Balaban J connectivity index is 1.13. The molecule has 2 aromatic carbocycles. The molecule has 2 amide bonds. The predicted octanol–water partition coefficient (Wildman–Crippen LogP) is 3.25. The predicted molar refractivity (Wildman–Crippen MR) is 162 cm³/mol. The fourth-order valence-electron chi connectivity index (χ4n) is 7.10. The molecule has 4 aliphatic heterocycles. The third-order valence-electron chi connectivity index (χ3n) is 9.29. The fraction of sp³-hybridized carbons (Fsp3) is 0.455. The maximum absolute atomic E-state index is 12.9. The summed E-state index contributed by atoms with van der Waals surface area (Å²) in [4.78, 5) is 32.1. The van der Waals surface area contributed by atoms with Crippen LogP contribution in [0.1, 0.15) is 44.1 Å². The van der Waals surface area contributed by atoms with E-state index in [0.29, 0.717) is 17.2 Å². The maximum Gasteiger partial charge on any atom is 0.252 e. The molecule has 9 nitrogen and oxygen atoms in total. The highest BCUT2D eigenvalue weighted by molar-refractivity contribution is 5.97. The van der Waals surface area contributed by atoms with Crippen molar-refractivity contribution < 1.29 is 14.3 Å². The van der Waals surface area contributed by atoms with Gasteiger partial charge in [-0.1, -0.05) is 42.8 Å². The van der Waals surface area contributed by atoms with E-state index in [9.17, 15) is 9.59 Å². The summed E-state index contributed by atoms with van der Waals surface area (Å²) in [6.07, 6.45) is 10.3. The Kier molecular flexibility index (Phi) is 8.22. The number of carbonyl (C=O) groups excluding carboxylic acids is 2. The molecular weight excluding hydrogens is 528 g/mol. The van der Waals surface area contributed by atoms with Crippen molar-refractivity contribution in [1.29, 1.82) is 0 Å². The number of amides is 2. The number of likely N-dealkylation sites (tertiary alicyclic amines) is 2. The monoisotopic (exact) mass is 570 g/mol. The molecule has 0 bridgehead atoms. The molecule has 9 heteroatoms. The van der Waals surface area contributed by atoms with Crippen LogP contribution in [-0.2, 0) is 15.3 Å². The van der Waals surface area contributed by atoms with Crippen LogP contribution < -0.4 is 21.5 Å². The number of para-hydroxylation sites is 1. The Morgan fingerprint density at radius 1 is 0.929 bits per heavy atom. The number of nitrogens with one attached hydrogen (secondary N) is 1. The molecule has 0 aromatic heterocycles. The molecule has 2 atom stereocenters. The number of fused-ring (bicyclic) bond motifs is 1. The van der Waals surface area contributed by atoms with Crippen LogP contribution in [0.25, 0.3) is 0 Å². The van der Waals surface area contributed by atoms with Crippen molar-refractivity contribution in [3.63, 3.8) is 0 Å². The molecule has 3 fully saturated rings. The van der Waals surface area contributed by atoms with Crippen molar-refractivity contribution >= 4 is 11.8 Å². The lowest BCUT2D eigenvalue weighted by Crippen LogP contribution is -2.72. The summed E-state index contributed by atoms with van der Waals surface area (Å²) in [5.41, 5.74) is 13.1. The lowest BCUT2D eigenvalue weighted by atomic mass is 9.75. The molecule has 5 N–H and O–H groups in total. The summed E-state index contributed by atoms with van der Waals surface area (Å²) in [6.45, 7) is 5.30. The molecule has 3 saturated heterocycles. The van der Waals surface area contributed by atoms with Crippen molar-refractivity contribution in [2.24, 2.45) is 17.4 Å². The van der Waals surface area contributed by atoms with Gasteiger partial charge in [0.15, 0.2) is 5.66 Å². The van der Waals surface area contributed by atoms with Crippen LogP contribution in [-0.4, -0.2) is 71.8 Å². The largest absolute Gasteiger partial charge is 0.457 e. The summed E-state index contributed by atoms with van der Waals surface area (Å²) >= 11 is 0. The Hall–Kier alpha value is -3.82. The van der Waals surface area contributed by atoms with E-state index in [-0.39, 0.29) is 11.9 Å². The Labute approximate surface area is 248 Å². The number of hydrogen-bond acceptors (Lipinski definition) is 7. The van der Waals surface area contributed by atoms with Crippen LogP contribution in [0.4, 0.5) is 0 Å². The lowest BCUT2D eigenvalue weighted by Gasteiger charge is -2.60. The Bertz CT molecular complexity index is 1330. The molecular formula is C33H42N6O3. The van der Waals surface area contributed by atoms with E-state index in [0.717, 1.165) is 75.7 Å². The minimum atomic E-state index is -1.13. The minimum Gasteiger partial charge on any atom is -0.457 e. The standard InChI is InChI=1S/C33H42N6O3/c34-31(41)30-32-36-18-15-28(24-16-22-38(23-17-24)29(40)10-7-21-37-19-5-2-6-20-37)39(32)33(30,35)25-11-13-27(14-12-25)42-26-8-3-1-4-9-26/h1,3-4,7-14,24,28,36H,2,5-6,15-23,35H2,(H2,34,41)/b10-7+/t28?,33-/m0/s1. The smallest absolute Gasteiger partial charge is 0.252 e. The average Bonchev–Trinajstić information content (AvgIpc) is 3.01.